The van der Waals surface area contributed by atoms with E-state index in [0.29, 0.717) is 18.7 Å². The van der Waals surface area contributed by atoms with Gasteiger partial charge in [0.1, 0.15) is 5.82 Å². The number of benzene rings is 2. The van der Waals surface area contributed by atoms with Crippen LogP contribution in [-0.4, -0.2) is 53.4 Å². The molecule has 144 valence electrons. The van der Waals surface area contributed by atoms with E-state index in [9.17, 15) is 9.18 Å². The van der Waals surface area contributed by atoms with E-state index in [1.807, 2.05) is 29.3 Å². The molecule has 0 saturated carbocycles. The molecule has 0 spiro atoms. The van der Waals surface area contributed by atoms with Gasteiger partial charge in [-0.2, -0.15) is 0 Å². The summed E-state index contributed by atoms with van der Waals surface area (Å²) in [5.41, 5.74) is 2.86. The highest BCUT2D eigenvalue weighted by Crippen LogP contribution is 2.15. The molecule has 1 aromatic heterocycles. The lowest BCUT2D eigenvalue weighted by atomic mass is 10.1. The Morgan fingerprint density at radius 1 is 1.00 bits per heavy atom. The molecule has 4 rings (SSSR count). The quantitative estimate of drug-likeness (QED) is 0.679. The third-order valence-corrected chi connectivity index (χ3v) is 5.34. The molecule has 0 aliphatic carbocycles. The van der Waals surface area contributed by atoms with Crippen molar-refractivity contribution < 1.29 is 9.18 Å². The average molecular weight is 377 g/mol. The minimum absolute atomic E-state index is 0.0121. The SMILES string of the molecule is O=C(c1ccc(F)cc1)N1CCN(CCCc2cnc3ccccc3c2)CC1. The van der Waals surface area contributed by atoms with E-state index in [2.05, 4.69) is 22.0 Å². The smallest absolute Gasteiger partial charge is 0.253 e. The molecule has 0 atom stereocenters. The highest BCUT2D eigenvalue weighted by atomic mass is 19.1. The van der Waals surface area contributed by atoms with Crippen LogP contribution < -0.4 is 0 Å². The van der Waals surface area contributed by atoms with Crippen molar-refractivity contribution in [2.75, 3.05) is 32.7 Å². The van der Waals surface area contributed by atoms with E-state index in [1.54, 1.807) is 12.1 Å². The Balaban J connectivity index is 1.24. The number of fused-ring (bicyclic) bond motifs is 1. The van der Waals surface area contributed by atoms with Crippen LogP contribution in [0.3, 0.4) is 0 Å². The van der Waals surface area contributed by atoms with E-state index < -0.39 is 0 Å². The van der Waals surface area contributed by atoms with Crippen LogP contribution in [0.2, 0.25) is 0 Å². The molecule has 1 saturated heterocycles. The summed E-state index contributed by atoms with van der Waals surface area (Å²) in [6, 6.07) is 16.2. The Kier molecular flexibility index (Phi) is 5.63. The van der Waals surface area contributed by atoms with Gasteiger partial charge in [0.05, 0.1) is 5.52 Å². The van der Waals surface area contributed by atoms with Crippen LogP contribution in [-0.2, 0) is 6.42 Å². The summed E-state index contributed by atoms with van der Waals surface area (Å²) in [5.74, 6) is -0.329. The molecule has 2 aromatic carbocycles. The van der Waals surface area contributed by atoms with Gasteiger partial charge in [-0.3, -0.25) is 14.7 Å². The van der Waals surface area contributed by atoms with Gasteiger partial charge in [0.2, 0.25) is 0 Å². The summed E-state index contributed by atoms with van der Waals surface area (Å²) in [4.78, 5) is 21.3. The van der Waals surface area contributed by atoms with Crippen molar-refractivity contribution in [2.24, 2.45) is 0 Å². The van der Waals surface area contributed by atoms with Crippen LogP contribution in [0.25, 0.3) is 10.9 Å². The summed E-state index contributed by atoms with van der Waals surface area (Å²) < 4.78 is 13.0. The number of rotatable bonds is 5. The van der Waals surface area contributed by atoms with Crippen molar-refractivity contribution in [3.63, 3.8) is 0 Å². The Labute approximate surface area is 164 Å². The number of carbonyl (C=O) groups excluding carboxylic acids is 1. The second-order valence-corrected chi connectivity index (χ2v) is 7.28. The van der Waals surface area contributed by atoms with Crippen molar-refractivity contribution in [1.82, 2.24) is 14.8 Å². The van der Waals surface area contributed by atoms with Crippen LogP contribution in [0.4, 0.5) is 4.39 Å². The topological polar surface area (TPSA) is 36.4 Å². The lowest BCUT2D eigenvalue weighted by Crippen LogP contribution is -2.48. The van der Waals surface area contributed by atoms with Gasteiger partial charge in [-0.05, 0) is 61.3 Å². The molecule has 3 aromatic rings. The molecule has 28 heavy (non-hydrogen) atoms. The molecule has 4 nitrogen and oxygen atoms in total. The van der Waals surface area contributed by atoms with Gasteiger partial charge in [0.25, 0.3) is 5.91 Å². The summed E-state index contributed by atoms with van der Waals surface area (Å²) in [7, 11) is 0. The molecule has 0 unspecified atom stereocenters. The zero-order valence-electron chi connectivity index (χ0n) is 15.9. The fourth-order valence-corrected chi connectivity index (χ4v) is 3.71. The zero-order chi connectivity index (χ0) is 19.3. The number of hydrogen-bond acceptors (Lipinski definition) is 3. The minimum Gasteiger partial charge on any atom is -0.336 e. The Bertz CT molecular complexity index is 949. The van der Waals surface area contributed by atoms with Gasteiger partial charge in [-0.1, -0.05) is 18.2 Å². The van der Waals surface area contributed by atoms with Crippen LogP contribution in [0.5, 0.6) is 0 Å². The van der Waals surface area contributed by atoms with Crippen molar-refractivity contribution in [3.8, 4) is 0 Å². The molecule has 0 bridgehead atoms. The van der Waals surface area contributed by atoms with Crippen molar-refractivity contribution >= 4 is 16.8 Å². The maximum absolute atomic E-state index is 13.0. The first-order chi connectivity index (χ1) is 13.7. The number of carbonyl (C=O) groups is 1. The number of aromatic nitrogens is 1. The molecule has 5 heteroatoms. The van der Waals surface area contributed by atoms with Crippen molar-refractivity contribution in [3.05, 3.63) is 77.7 Å². The number of para-hydroxylation sites is 1. The number of pyridine rings is 1. The van der Waals surface area contributed by atoms with Crippen LogP contribution >= 0.6 is 0 Å². The first-order valence-electron chi connectivity index (χ1n) is 9.80. The standard InChI is InChI=1S/C23H24FN3O/c24-21-9-7-19(8-10-21)23(28)27-14-12-26(13-15-27)11-3-4-18-16-20-5-1-2-6-22(20)25-17-18/h1-2,5-10,16-17H,3-4,11-15H2. The second-order valence-electron chi connectivity index (χ2n) is 7.28. The van der Waals surface area contributed by atoms with E-state index in [-0.39, 0.29) is 11.7 Å². The van der Waals surface area contributed by atoms with Gasteiger partial charge < -0.3 is 4.90 Å². The van der Waals surface area contributed by atoms with E-state index in [1.165, 1.54) is 23.1 Å². The number of nitrogens with zero attached hydrogens (tertiary/aromatic N) is 3. The summed E-state index contributed by atoms with van der Waals surface area (Å²) in [5, 5.41) is 1.19. The molecule has 0 radical (unpaired) electrons. The first kappa shape index (κ1) is 18.6. The number of aryl methyl sites for hydroxylation is 1. The fourth-order valence-electron chi connectivity index (χ4n) is 3.71. The molecule has 1 aliphatic heterocycles. The fraction of sp³-hybridized carbons (Fsp3) is 0.304. The average Bonchev–Trinajstić information content (AvgIpc) is 2.74. The molecule has 2 heterocycles. The summed E-state index contributed by atoms with van der Waals surface area (Å²) >= 11 is 0. The minimum atomic E-state index is -0.317. The third-order valence-electron chi connectivity index (χ3n) is 5.34. The molecular formula is C23H24FN3O. The molecule has 0 N–H and O–H groups in total. The second kappa shape index (κ2) is 8.48. The lowest BCUT2D eigenvalue weighted by molar-refractivity contribution is 0.0636. The van der Waals surface area contributed by atoms with Crippen LogP contribution in [0, 0.1) is 5.82 Å². The molecule has 1 fully saturated rings. The summed E-state index contributed by atoms with van der Waals surface area (Å²) in [6.07, 6.45) is 4.06. The molecular weight excluding hydrogens is 353 g/mol. The van der Waals surface area contributed by atoms with Crippen LogP contribution in [0.15, 0.2) is 60.8 Å². The van der Waals surface area contributed by atoms with E-state index >= 15 is 0 Å². The number of hydrogen-bond donors (Lipinski definition) is 0. The highest BCUT2D eigenvalue weighted by molar-refractivity contribution is 5.94. The van der Waals surface area contributed by atoms with Crippen molar-refractivity contribution in [2.45, 2.75) is 12.8 Å². The summed E-state index contributed by atoms with van der Waals surface area (Å²) in [6.45, 7) is 4.21. The number of amides is 1. The number of halogens is 1. The van der Waals surface area contributed by atoms with Gasteiger partial charge in [-0.15, -0.1) is 0 Å². The lowest BCUT2D eigenvalue weighted by Gasteiger charge is -2.34. The predicted molar refractivity (Wildman–Crippen MR) is 109 cm³/mol. The van der Waals surface area contributed by atoms with Crippen molar-refractivity contribution in [1.29, 1.82) is 0 Å². The van der Waals surface area contributed by atoms with Gasteiger partial charge >= 0.3 is 0 Å². The third kappa shape index (κ3) is 4.37. The maximum atomic E-state index is 13.0. The largest absolute Gasteiger partial charge is 0.336 e. The predicted octanol–water partition coefficient (Wildman–Crippen LogP) is 3.76. The Morgan fingerprint density at radius 2 is 1.75 bits per heavy atom. The number of piperazine rings is 1. The van der Waals surface area contributed by atoms with Gasteiger partial charge in [-0.25, -0.2) is 4.39 Å². The first-order valence-corrected chi connectivity index (χ1v) is 9.80. The highest BCUT2D eigenvalue weighted by Gasteiger charge is 2.21. The monoisotopic (exact) mass is 377 g/mol. The molecule has 1 amide bonds. The zero-order valence-corrected chi connectivity index (χ0v) is 15.9. The van der Waals surface area contributed by atoms with Gasteiger partial charge in [0, 0.05) is 43.3 Å². The van der Waals surface area contributed by atoms with Crippen LogP contribution in [0.1, 0.15) is 22.3 Å². The molecule has 1 aliphatic rings. The van der Waals surface area contributed by atoms with E-state index in [0.717, 1.165) is 38.0 Å². The van der Waals surface area contributed by atoms with Gasteiger partial charge in [0.15, 0.2) is 0 Å². The maximum Gasteiger partial charge on any atom is 0.253 e. The Morgan fingerprint density at radius 3 is 2.54 bits per heavy atom. The van der Waals surface area contributed by atoms with E-state index in [4.69, 9.17) is 0 Å². The Hall–Kier alpha value is -2.79. The normalized spacial score (nSPS) is 15.1.